The molecule has 0 aromatic carbocycles. The maximum absolute atomic E-state index is 12.5. The summed E-state index contributed by atoms with van der Waals surface area (Å²) < 4.78 is 1.40. The number of hydrogen-bond acceptors (Lipinski definition) is 7. The first-order valence-corrected chi connectivity index (χ1v) is 11.2. The summed E-state index contributed by atoms with van der Waals surface area (Å²) in [5, 5.41) is 15.1. The number of nitrogens with zero attached hydrogens (tertiary/aromatic N) is 5. The monoisotopic (exact) mass is 433 g/mol. The molecule has 2 N–H and O–H groups in total. The van der Waals surface area contributed by atoms with E-state index in [1.54, 1.807) is 24.4 Å². The molecular weight excluding hydrogens is 406 g/mol. The second-order valence-electron chi connectivity index (χ2n) is 8.61. The average molecular weight is 434 g/mol. The molecule has 1 atom stereocenters. The van der Waals surface area contributed by atoms with Crippen LogP contribution < -0.4 is 21.1 Å². The van der Waals surface area contributed by atoms with E-state index in [1.165, 1.54) is 29.7 Å². The highest BCUT2D eigenvalue weighted by Crippen LogP contribution is 2.28. The van der Waals surface area contributed by atoms with Crippen LogP contribution in [0.1, 0.15) is 41.9 Å². The van der Waals surface area contributed by atoms with Crippen molar-refractivity contribution in [1.82, 2.24) is 30.2 Å². The molecule has 32 heavy (non-hydrogen) atoms. The zero-order valence-electron chi connectivity index (χ0n) is 17.9. The Morgan fingerprint density at radius 3 is 2.84 bits per heavy atom. The van der Waals surface area contributed by atoms with Crippen LogP contribution in [0.2, 0.25) is 0 Å². The summed E-state index contributed by atoms with van der Waals surface area (Å²) in [6, 6.07) is 10.8. The fourth-order valence-corrected chi connectivity index (χ4v) is 4.05. The number of nitrogens with one attached hydrogen (secondary N) is 2. The highest BCUT2D eigenvalue weighted by atomic mass is 16.2. The molecule has 3 aromatic heterocycles. The van der Waals surface area contributed by atoms with E-state index >= 15 is 0 Å². The Labute approximate surface area is 185 Å². The van der Waals surface area contributed by atoms with Gasteiger partial charge in [0.2, 0.25) is 0 Å². The fourth-order valence-electron chi connectivity index (χ4n) is 4.05. The van der Waals surface area contributed by atoms with Gasteiger partial charge in [-0.05, 0) is 62.4 Å². The van der Waals surface area contributed by atoms with Gasteiger partial charge in [0, 0.05) is 31.4 Å². The molecule has 1 saturated carbocycles. The third kappa shape index (κ3) is 4.77. The van der Waals surface area contributed by atoms with E-state index in [2.05, 4.69) is 30.7 Å². The van der Waals surface area contributed by atoms with Gasteiger partial charge >= 0.3 is 0 Å². The largest absolute Gasteiger partial charge is 0.354 e. The topological polar surface area (TPSA) is 105 Å². The van der Waals surface area contributed by atoms with Gasteiger partial charge in [-0.25, -0.2) is 4.98 Å². The third-order valence-corrected chi connectivity index (χ3v) is 6.08. The molecule has 0 bridgehead atoms. The molecule has 0 radical (unpaired) electrons. The number of anilines is 1. The molecule has 2 fully saturated rings. The third-order valence-electron chi connectivity index (χ3n) is 6.08. The minimum Gasteiger partial charge on any atom is -0.354 e. The number of carbonyl (C=O) groups is 1. The SMILES string of the molecule is O=C(NCc1ccc(N2CCCC(NCC3CC3)C2)nn1)c1cc(=O)n2ccccc2n1. The quantitative estimate of drug-likeness (QED) is 0.580. The van der Waals surface area contributed by atoms with Crippen LogP contribution in [-0.4, -0.2) is 51.2 Å². The van der Waals surface area contributed by atoms with Gasteiger partial charge in [0.15, 0.2) is 5.82 Å². The standard InChI is InChI=1S/C23H27N7O2/c31-22-12-19(26-20-5-1-2-11-30(20)22)23(32)25-14-17-8-9-21(28-27-17)29-10-3-4-18(15-29)24-13-16-6-7-16/h1-2,5,8-9,11-12,16,18,24H,3-4,6-7,10,13-15H2,(H,25,32). The number of piperidine rings is 1. The number of aromatic nitrogens is 4. The van der Waals surface area contributed by atoms with Crippen molar-refractivity contribution >= 4 is 17.4 Å². The van der Waals surface area contributed by atoms with Gasteiger partial charge in [0.25, 0.3) is 11.5 Å². The predicted octanol–water partition coefficient (Wildman–Crippen LogP) is 1.38. The zero-order chi connectivity index (χ0) is 21.9. The molecule has 1 aliphatic heterocycles. The van der Waals surface area contributed by atoms with Gasteiger partial charge in [-0.15, -0.1) is 5.10 Å². The van der Waals surface area contributed by atoms with Crippen molar-refractivity contribution in [3.63, 3.8) is 0 Å². The zero-order valence-corrected chi connectivity index (χ0v) is 17.9. The Hall–Kier alpha value is -3.33. The van der Waals surface area contributed by atoms with Crippen molar-refractivity contribution in [3.05, 3.63) is 64.3 Å². The lowest BCUT2D eigenvalue weighted by molar-refractivity contribution is 0.0945. The van der Waals surface area contributed by atoms with Gasteiger partial charge in [-0.3, -0.25) is 14.0 Å². The Morgan fingerprint density at radius 1 is 1.12 bits per heavy atom. The van der Waals surface area contributed by atoms with Crippen LogP contribution >= 0.6 is 0 Å². The molecule has 1 aliphatic carbocycles. The van der Waals surface area contributed by atoms with Gasteiger partial charge in [-0.2, -0.15) is 5.10 Å². The first kappa shape index (κ1) is 20.6. The molecule has 9 heteroatoms. The van der Waals surface area contributed by atoms with Crippen molar-refractivity contribution in [2.45, 2.75) is 38.3 Å². The summed E-state index contributed by atoms with van der Waals surface area (Å²) >= 11 is 0. The van der Waals surface area contributed by atoms with Crippen molar-refractivity contribution in [1.29, 1.82) is 0 Å². The van der Waals surface area contributed by atoms with Gasteiger partial charge < -0.3 is 15.5 Å². The number of hydrogen-bond donors (Lipinski definition) is 2. The highest BCUT2D eigenvalue weighted by Gasteiger charge is 2.25. The van der Waals surface area contributed by atoms with Crippen LogP contribution in [0, 0.1) is 5.92 Å². The van der Waals surface area contributed by atoms with Crippen LogP contribution in [0.15, 0.2) is 47.4 Å². The Balaban J connectivity index is 1.18. The predicted molar refractivity (Wildman–Crippen MR) is 121 cm³/mol. The first-order valence-electron chi connectivity index (χ1n) is 11.2. The maximum atomic E-state index is 12.5. The Kier molecular flexibility index (Phi) is 5.81. The molecular formula is C23H27N7O2. The fraction of sp³-hybridized carbons (Fsp3) is 0.435. The van der Waals surface area contributed by atoms with Crippen LogP contribution in [0.4, 0.5) is 5.82 Å². The Morgan fingerprint density at radius 2 is 2.03 bits per heavy atom. The first-order chi connectivity index (χ1) is 15.7. The van der Waals surface area contributed by atoms with Crippen molar-refractivity contribution in [3.8, 4) is 0 Å². The molecule has 5 rings (SSSR count). The van der Waals surface area contributed by atoms with E-state index in [9.17, 15) is 9.59 Å². The molecule has 166 valence electrons. The lowest BCUT2D eigenvalue weighted by Gasteiger charge is -2.33. The summed E-state index contributed by atoms with van der Waals surface area (Å²) in [4.78, 5) is 31.2. The van der Waals surface area contributed by atoms with E-state index in [0.717, 1.165) is 37.8 Å². The second kappa shape index (κ2) is 9.04. The smallest absolute Gasteiger partial charge is 0.270 e. The molecule has 3 aromatic rings. The molecule has 1 amide bonds. The molecule has 0 spiro atoms. The summed E-state index contributed by atoms with van der Waals surface area (Å²) in [7, 11) is 0. The molecule has 9 nitrogen and oxygen atoms in total. The van der Waals surface area contributed by atoms with E-state index in [0.29, 0.717) is 17.4 Å². The van der Waals surface area contributed by atoms with Gasteiger partial charge in [0.1, 0.15) is 11.3 Å². The molecule has 1 saturated heterocycles. The summed E-state index contributed by atoms with van der Waals surface area (Å²) in [6.45, 7) is 3.27. The normalized spacial score (nSPS) is 18.6. The summed E-state index contributed by atoms with van der Waals surface area (Å²) in [5.41, 5.74) is 0.876. The number of fused-ring (bicyclic) bond motifs is 1. The van der Waals surface area contributed by atoms with Crippen LogP contribution in [-0.2, 0) is 6.54 Å². The van der Waals surface area contributed by atoms with Crippen molar-refractivity contribution in [2.24, 2.45) is 5.92 Å². The Bertz CT molecular complexity index is 1160. The number of amides is 1. The lowest BCUT2D eigenvalue weighted by Crippen LogP contribution is -2.46. The number of rotatable bonds is 7. The molecule has 4 heterocycles. The number of carbonyl (C=O) groups excluding carboxylic acids is 1. The van der Waals surface area contributed by atoms with E-state index < -0.39 is 5.91 Å². The maximum Gasteiger partial charge on any atom is 0.270 e. The van der Waals surface area contributed by atoms with Crippen LogP contribution in [0.5, 0.6) is 0 Å². The number of pyridine rings is 1. The van der Waals surface area contributed by atoms with E-state index in [-0.39, 0.29) is 17.8 Å². The van der Waals surface area contributed by atoms with E-state index in [4.69, 9.17) is 0 Å². The molecule has 1 unspecified atom stereocenters. The van der Waals surface area contributed by atoms with E-state index in [1.807, 2.05) is 12.1 Å². The van der Waals surface area contributed by atoms with Gasteiger partial charge in [-0.1, -0.05) is 6.07 Å². The van der Waals surface area contributed by atoms with Crippen LogP contribution in [0.3, 0.4) is 0 Å². The molecule has 2 aliphatic rings. The van der Waals surface area contributed by atoms with Crippen molar-refractivity contribution in [2.75, 3.05) is 24.5 Å². The average Bonchev–Trinajstić information content (AvgIpc) is 3.66. The lowest BCUT2D eigenvalue weighted by atomic mass is 10.1. The van der Waals surface area contributed by atoms with Crippen molar-refractivity contribution < 1.29 is 4.79 Å². The minimum atomic E-state index is -0.417. The minimum absolute atomic E-state index is 0.0869. The summed E-state index contributed by atoms with van der Waals surface area (Å²) in [5.74, 6) is 1.32. The highest BCUT2D eigenvalue weighted by molar-refractivity contribution is 5.92. The summed E-state index contributed by atoms with van der Waals surface area (Å²) in [6.07, 6.45) is 6.69. The van der Waals surface area contributed by atoms with Crippen LogP contribution in [0.25, 0.3) is 5.65 Å². The van der Waals surface area contributed by atoms with Gasteiger partial charge in [0.05, 0.1) is 12.2 Å². The second-order valence-corrected chi connectivity index (χ2v) is 8.61.